The van der Waals surface area contributed by atoms with Gasteiger partial charge in [-0.25, -0.2) is 5.01 Å². The van der Waals surface area contributed by atoms with Crippen molar-refractivity contribution in [1.29, 1.82) is 0 Å². The van der Waals surface area contributed by atoms with Crippen molar-refractivity contribution >= 4 is 0 Å². The Bertz CT molecular complexity index is 509. The van der Waals surface area contributed by atoms with E-state index in [1.807, 2.05) is 6.07 Å². The molecule has 2 fully saturated rings. The van der Waals surface area contributed by atoms with Gasteiger partial charge in [0.2, 0.25) is 0 Å². The molecule has 5 heteroatoms. The molecule has 120 valence electrons. The molecule has 3 atom stereocenters. The molecule has 3 aliphatic heterocycles. The number of ether oxygens (including phenoxy) is 1. The van der Waals surface area contributed by atoms with E-state index < -0.39 is 0 Å². The van der Waals surface area contributed by atoms with Crippen molar-refractivity contribution in [3.8, 4) is 5.75 Å². The van der Waals surface area contributed by atoms with Crippen LogP contribution in [-0.4, -0.2) is 50.5 Å². The highest BCUT2D eigenvalue weighted by molar-refractivity contribution is 5.35. The van der Waals surface area contributed by atoms with Crippen molar-refractivity contribution in [3.63, 3.8) is 0 Å². The summed E-state index contributed by atoms with van der Waals surface area (Å²) in [6.45, 7) is 6.34. The topological polar surface area (TPSA) is 48.6 Å². The molecule has 0 amide bonds. The van der Waals surface area contributed by atoms with Crippen LogP contribution < -0.4 is 20.8 Å². The molecule has 2 saturated heterocycles. The van der Waals surface area contributed by atoms with E-state index in [-0.39, 0.29) is 0 Å². The predicted octanol–water partition coefficient (Wildman–Crippen LogP) is 0.583. The predicted molar refractivity (Wildman–Crippen MR) is 86.6 cm³/mol. The number of fused-ring (bicyclic) bond motifs is 2. The molecule has 3 unspecified atom stereocenters. The van der Waals surface area contributed by atoms with Crippen LogP contribution in [0.5, 0.6) is 5.75 Å². The van der Waals surface area contributed by atoms with Gasteiger partial charge in [-0.3, -0.25) is 5.43 Å². The quantitative estimate of drug-likeness (QED) is 0.760. The molecule has 0 aromatic heterocycles. The largest absolute Gasteiger partial charge is 0.493 e. The minimum Gasteiger partial charge on any atom is -0.493 e. The lowest BCUT2D eigenvalue weighted by atomic mass is 9.96. The van der Waals surface area contributed by atoms with Gasteiger partial charge in [-0.15, -0.1) is 0 Å². The highest BCUT2D eigenvalue weighted by Gasteiger charge is 2.31. The van der Waals surface area contributed by atoms with Gasteiger partial charge in [-0.05, 0) is 30.4 Å². The zero-order valence-electron chi connectivity index (χ0n) is 13.1. The average molecular weight is 302 g/mol. The summed E-state index contributed by atoms with van der Waals surface area (Å²) in [6.07, 6.45) is 2.90. The maximum atomic E-state index is 5.86. The number of nitrogens with zero attached hydrogens (tertiary/aromatic N) is 1. The zero-order chi connectivity index (χ0) is 14.8. The van der Waals surface area contributed by atoms with Crippen LogP contribution in [0.3, 0.4) is 0 Å². The Balaban J connectivity index is 1.21. The smallest absolute Gasteiger partial charge is 0.122 e. The van der Waals surface area contributed by atoms with Gasteiger partial charge < -0.3 is 15.4 Å². The van der Waals surface area contributed by atoms with Gasteiger partial charge >= 0.3 is 0 Å². The molecule has 4 rings (SSSR count). The first kappa shape index (κ1) is 14.5. The first-order valence-electron chi connectivity index (χ1n) is 8.53. The van der Waals surface area contributed by atoms with Gasteiger partial charge in [0.15, 0.2) is 0 Å². The Morgan fingerprint density at radius 1 is 1.23 bits per heavy atom. The van der Waals surface area contributed by atoms with Crippen LogP contribution in [0.1, 0.15) is 12.0 Å². The third kappa shape index (κ3) is 3.13. The van der Waals surface area contributed by atoms with Gasteiger partial charge in [0.1, 0.15) is 5.75 Å². The van der Waals surface area contributed by atoms with E-state index in [9.17, 15) is 0 Å². The Morgan fingerprint density at radius 2 is 2.14 bits per heavy atom. The number of hydrogen-bond acceptors (Lipinski definition) is 5. The Morgan fingerprint density at radius 3 is 3.14 bits per heavy atom. The molecule has 1 aromatic rings. The summed E-state index contributed by atoms with van der Waals surface area (Å²) >= 11 is 0. The molecule has 3 heterocycles. The molecule has 3 N–H and O–H groups in total. The zero-order valence-corrected chi connectivity index (χ0v) is 13.1. The molecule has 0 radical (unpaired) electrons. The molecule has 0 aliphatic carbocycles. The minimum atomic E-state index is 0.555. The SMILES string of the molecule is c1ccc2c(c1)CC(CNCC1CNC3CCNN3C1)CO2. The molecule has 0 spiro atoms. The fourth-order valence-electron chi connectivity index (χ4n) is 3.81. The Hall–Kier alpha value is -1.14. The monoisotopic (exact) mass is 302 g/mol. The Labute approximate surface area is 132 Å². The summed E-state index contributed by atoms with van der Waals surface area (Å²) in [5.41, 5.74) is 4.81. The summed E-state index contributed by atoms with van der Waals surface area (Å²) < 4.78 is 5.86. The number of hydrazine groups is 1. The van der Waals surface area contributed by atoms with Crippen molar-refractivity contribution in [2.75, 3.05) is 39.3 Å². The van der Waals surface area contributed by atoms with E-state index in [0.29, 0.717) is 18.0 Å². The van der Waals surface area contributed by atoms with Crippen LogP contribution in [0.2, 0.25) is 0 Å². The van der Waals surface area contributed by atoms with Crippen LogP contribution in [-0.2, 0) is 6.42 Å². The number of rotatable bonds is 4. The summed E-state index contributed by atoms with van der Waals surface area (Å²) in [4.78, 5) is 0. The highest BCUT2D eigenvalue weighted by Crippen LogP contribution is 2.26. The maximum absolute atomic E-state index is 5.86. The van der Waals surface area contributed by atoms with Gasteiger partial charge in [0.25, 0.3) is 0 Å². The molecule has 5 nitrogen and oxygen atoms in total. The van der Waals surface area contributed by atoms with E-state index in [0.717, 1.165) is 51.5 Å². The Kier molecular flexibility index (Phi) is 4.30. The molecule has 0 saturated carbocycles. The van der Waals surface area contributed by atoms with Gasteiger partial charge in [-0.1, -0.05) is 18.2 Å². The van der Waals surface area contributed by atoms with Crippen LogP contribution in [0, 0.1) is 11.8 Å². The highest BCUT2D eigenvalue weighted by atomic mass is 16.5. The van der Waals surface area contributed by atoms with Crippen molar-refractivity contribution in [2.45, 2.75) is 19.0 Å². The fraction of sp³-hybridized carbons (Fsp3) is 0.647. The van der Waals surface area contributed by atoms with Crippen molar-refractivity contribution in [1.82, 2.24) is 21.1 Å². The fourth-order valence-corrected chi connectivity index (χ4v) is 3.81. The lowest BCUT2D eigenvalue weighted by molar-refractivity contribution is 0.0895. The summed E-state index contributed by atoms with van der Waals surface area (Å²) in [6, 6.07) is 8.41. The normalized spacial score (nSPS) is 31.4. The second-order valence-electron chi connectivity index (χ2n) is 6.79. The lowest BCUT2D eigenvalue weighted by Gasteiger charge is -2.36. The summed E-state index contributed by atoms with van der Waals surface area (Å²) in [7, 11) is 0. The third-order valence-electron chi connectivity index (χ3n) is 5.03. The molecular formula is C17H26N4O. The van der Waals surface area contributed by atoms with Gasteiger partial charge in [0, 0.05) is 38.6 Å². The van der Waals surface area contributed by atoms with Crippen molar-refractivity contribution < 1.29 is 4.74 Å². The molecule has 1 aromatic carbocycles. The van der Waals surface area contributed by atoms with Crippen LogP contribution >= 0.6 is 0 Å². The third-order valence-corrected chi connectivity index (χ3v) is 5.03. The van der Waals surface area contributed by atoms with Gasteiger partial charge in [0.05, 0.1) is 12.8 Å². The molecule has 0 bridgehead atoms. The average Bonchev–Trinajstić information content (AvgIpc) is 3.02. The first-order valence-corrected chi connectivity index (χ1v) is 8.53. The van der Waals surface area contributed by atoms with Gasteiger partial charge in [-0.2, -0.15) is 0 Å². The van der Waals surface area contributed by atoms with E-state index >= 15 is 0 Å². The number of nitrogens with one attached hydrogen (secondary N) is 3. The maximum Gasteiger partial charge on any atom is 0.122 e. The van der Waals surface area contributed by atoms with Crippen LogP contribution in [0.15, 0.2) is 24.3 Å². The van der Waals surface area contributed by atoms with E-state index in [4.69, 9.17) is 4.74 Å². The molecule has 22 heavy (non-hydrogen) atoms. The van der Waals surface area contributed by atoms with Crippen LogP contribution in [0.25, 0.3) is 0 Å². The molecular weight excluding hydrogens is 276 g/mol. The standard InChI is InChI=1S/C17H26N4O/c1-2-4-16-15(3-1)7-13(12-22-16)8-18-9-14-10-19-17-5-6-20-21(17)11-14/h1-4,13-14,17-20H,5-12H2. The minimum absolute atomic E-state index is 0.555. The summed E-state index contributed by atoms with van der Waals surface area (Å²) in [5.74, 6) is 2.34. The first-order chi connectivity index (χ1) is 10.9. The number of para-hydroxylation sites is 1. The van der Waals surface area contributed by atoms with Crippen LogP contribution in [0.4, 0.5) is 0 Å². The van der Waals surface area contributed by atoms with E-state index in [1.54, 1.807) is 0 Å². The lowest BCUT2D eigenvalue weighted by Crippen LogP contribution is -2.56. The summed E-state index contributed by atoms with van der Waals surface area (Å²) in [5, 5.41) is 9.66. The van der Waals surface area contributed by atoms with E-state index in [2.05, 4.69) is 39.3 Å². The van der Waals surface area contributed by atoms with E-state index in [1.165, 1.54) is 12.0 Å². The van der Waals surface area contributed by atoms with Crippen molar-refractivity contribution in [2.24, 2.45) is 11.8 Å². The second kappa shape index (κ2) is 6.54. The molecule has 3 aliphatic rings. The van der Waals surface area contributed by atoms with Crippen molar-refractivity contribution in [3.05, 3.63) is 29.8 Å². The number of benzene rings is 1. The number of hydrogen-bond donors (Lipinski definition) is 3. The second-order valence-corrected chi connectivity index (χ2v) is 6.79.